The van der Waals surface area contributed by atoms with Gasteiger partial charge in [0.2, 0.25) is 5.54 Å². The summed E-state index contributed by atoms with van der Waals surface area (Å²) in [7, 11) is -3.45. The van der Waals surface area contributed by atoms with Crippen LogP contribution in [0, 0.1) is 0 Å². The zero-order valence-corrected chi connectivity index (χ0v) is 19.3. The van der Waals surface area contributed by atoms with Crippen LogP contribution >= 0.6 is 11.6 Å². The lowest BCUT2D eigenvalue weighted by Crippen LogP contribution is -2.67. The molecule has 1 aliphatic carbocycles. The Morgan fingerprint density at radius 3 is 1.97 bits per heavy atom. The van der Waals surface area contributed by atoms with Crippen molar-refractivity contribution in [2.75, 3.05) is 7.05 Å². The molecule has 0 spiro atoms. The SMILES string of the molecule is C[N+](C(N)=O)([C@@]1(C(=O)O)C[C@H]1c1ccccc1)S(=O)(=O)c1ccc(-c2ccc(Cl)cc2)cc1. The van der Waals surface area contributed by atoms with Crippen molar-refractivity contribution in [3.8, 4) is 11.1 Å². The van der Waals surface area contributed by atoms with Gasteiger partial charge in [0.05, 0.1) is 13.0 Å². The molecule has 3 aromatic carbocycles. The number of amides is 2. The van der Waals surface area contributed by atoms with Crippen molar-refractivity contribution in [1.29, 1.82) is 0 Å². The predicted octanol–water partition coefficient (Wildman–Crippen LogP) is 4.23. The van der Waals surface area contributed by atoms with Gasteiger partial charge >= 0.3 is 22.0 Å². The number of rotatable bonds is 6. The number of carboxylic acid groups (broad SMARTS) is 1. The third-order valence-corrected chi connectivity index (χ3v) is 9.08. The van der Waals surface area contributed by atoms with Gasteiger partial charge in [0.15, 0.2) is 0 Å². The number of hydrogen-bond donors (Lipinski definition) is 2. The molecule has 0 aliphatic heterocycles. The quantitative estimate of drug-likeness (QED) is 0.507. The summed E-state index contributed by atoms with van der Waals surface area (Å²) in [6, 6.07) is 20.3. The van der Waals surface area contributed by atoms with Crippen LogP contribution in [0.25, 0.3) is 11.1 Å². The molecule has 0 saturated heterocycles. The number of carbonyl (C=O) groups is 2. The fourth-order valence-corrected chi connectivity index (χ4v) is 6.40. The van der Waals surface area contributed by atoms with Crippen molar-refractivity contribution in [3.05, 3.63) is 89.4 Å². The lowest BCUT2D eigenvalue weighted by molar-refractivity contribution is -0.731. The zero-order valence-electron chi connectivity index (χ0n) is 17.7. The maximum Gasteiger partial charge on any atom is 0.430 e. The standard InChI is InChI=1S/C24H21ClN2O5S/c1-27(23(26)30,24(22(28)29)15-21(24)18-5-3-2-4-6-18)33(31,32)20-13-9-17(10-14-20)16-7-11-19(25)12-8-16/h2-14,21H,15H2,1H3,(H2-,26,28,29,30)/p+1/t21-,24-,27?/m0/s1. The van der Waals surface area contributed by atoms with Gasteiger partial charge in [0, 0.05) is 11.4 Å². The Labute approximate surface area is 196 Å². The van der Waals surface area contributed by atoms with Crippen LogP contribution < -0.4 is 5.73 Å². The van der Waals surface area contributed by atoms with E-state index in [1.54, 1.807) is 66.7 Å². The van der Waals surface area contributed by atoms with Crippen molar-refractivity contribution >= 4 is 33.6 Å². The Balaban J connectivity index is 1.79. The van der Waals surface area contributed by atoms with E-state index in [1.165, 1.54) is 12.1 Å². The highest BCUT2D eigenvalue weighted by molar-refractivity contribution is 7.86. The topological polar surface area (TPSA) is 115 Å². The fraction of sp³-hybridized carbons (Fsp3) is 0.167. The molecule has 1 aliphatic rings. The first-order chi connectivity index (χ1) is 15.6. The Morgan fingerprint density at radius 1 is 0.970 bits per heavy atom. The molecule has 9 heteroatoms. The number of nitrogens with two attached hydrogens (primary N) is 1. The minimum atomic E-state index is -4.53. The van der Waals surface area contributed by atoms with Crippen LogP contribution in [-0.4, -0.2) is 42.0 Å². The van der Waals surface area contributed by atoms with Crippen LogP contribution in [0.1, 0.15) is 17.9 Å². The lowest BCUT2D eigenvalue weighted by atomic mass is 10.1. The number of nitrogens with zero attached hydrogens (tertiary/aromatic N) is 1. The summed E-state index contributed by atoms with van der Waals surface area (Å²) in [5.41, 5.74) is 5.88. The fourth-order valence-electron chi connectivity index (χ4n) is 4.42. The number of primary amides is 1. The van der Waals surface area contributed by atoms with Crippen LogP contribution in [0.2, 0.25) is 5.02 Å². The average Bonchev–Trinajstić information content (AvgIpc) is 3.57. The summed E-state index contributed by atoms with van der Waals surface area (Å²) >= 11 is 5.92. The van der Waals surface area contributed by atoms with Gasteiger partial charge in [-0.05, 0) is 41.0 Å². The second-order valence-electron chi connectivity index (χ2n) is 8.17. The van der Waals surface area contributed by atoms with Gasteiger partial charge in [-0.25, -0.2) is 9.59 Å². The largest absolute Gasteiger partial charge is 0.477 e. The first-order valence-corrected chi connectivity index (χ1v) is 11.9. The van der Waals surface area contributed by atoms with E-state index in [-0.39, 0.29) is 11.3 Å². The molecular formula is C24H22ClN2O5S+. The smallest absolute Gasteiger partial charge is 0.430 e. The van der Waals surface area contributed by atoms with E-state index in [2.05, 4.69) is 0 Å². The molecular weight excluding hydrogens is 464 g/mol. The molecule has 170 valence electrons. The summed E-state index contributed by atoms with van der Waals surface area (Å²) in [5, 5.41) is 10.7. The molecule has 0 bridgehead atoms. The molecule has 7 nitrogen and oxygen atoms in total. The Morgan fingerprint density at radius 2 is 1.48 bits per heavy atom. The average molecular weight is 486 g/mol. The zero-order chi connectivity index (χ0) is 24.0. The number of carboxylic acids is 1. The molecule has 3 atom stereocenters. The Kier molecular flexibility index (Phi) is 5.56. The van der Waals surface area contributed by atoms with Crippen molar-refractivity contribution in [2.24, 2.45) is 5.73 Å². The van der Waals surface area contributed by atoms with Crippen LogP contribution in [0.4, 0.5) is 4.79 Å². The molecule has 0 heterocycles. The molecule has 3 N–H and O–H groups in total. The van der Waals surface area contributed by atoms with E-state index < -0.39 is 37.4 Å². The van der Waals surface area contributed by atoms with Gasteiger partial charge < -0.3 is 10.8 Å². The number of urea groups is 1. The third-order valence-electron chi connectivity index (χ3n) is 6.50. The number of quaternary nitrogens is 1. The maximum atomic E-state index is 13.7. The van der Waals surface area contributed by atoms with Crippen molar-refractivity contribution in [2.45, 2.75) is 22.8 Å². The van der Waals surface area contributed by atoms with Gasteiger partial charge in [-0.1, -0.05) is 66.2 Å². The van der Waals surface area contributed by atoms with E-state index >= 15 is 0 Å². The van der Waals surface area contributed by atoms with Gasteiger partial charge in [0.1, 0.15) is 4.90 Å². The third kappa shape index (κ3) is 3.42. The van der Waals surface area contributed by atoms with Crippen LogP contribution in [0.15, 0.2) is 83.8 Å². The first-order valence-electron chi connectivity index (χ1n) is 10.1. The van der Waals surface area contributed by atoms with Crippen LogP contribution in [-0.2, 0) is 14.8 Å². The highest BCUT2D eigenvalue weighted by Gasteiger charge is 2.79. The number of aliphatic carboxylic acids is 1. The molecule has 0 radical (unpaired) electrons. The lowest BCUT2D eigenvalue weighted by Gasteiger charge is -2.34. The summed E-state index contributed by atoms with van der Waals surface area (Å²) in [6.07, 6.45) is -0.0339. The number of carbonyl (C=O) groups excluding carboxylic acids is 1. The van der Waals surface area contributed by atoms with Gasteiger partial charge in [-0.3, -0.25) is 0 Å². The van der Waals surface area contributed by atoms with Crippen molar-refractivity contribution < 1.29 is 27.0 Å². The van der Waals surface area contributed by atoms with E-state index in [4.69, 9.17) is 17.3 Å². The predicted molar refractivity (Wildman–Crippen MR) is 124 cm³/mol. The molecule has 1 saturated carbocycles. The molecule has 1 unspecified atom stereocenters. The second kappa shape index (κ2) is 7.98. The molecule has 1 fully saturated rings. The maximum absolute atomic E-state index is 13.7. The number of sulfonamides is 1. The Hall–Kier alpha value is -3.20. The van der Waals surface area contributed by atoms with Crippen LogP contribution in [0.5, 0.6) is 0 Å². The van der Waals surface area contributed by atoms with Gasteiger partial charge in [0.25, 0.3) is 0 Å². The van der Waals surface area contributed by atoms with Gasteiger partial charge in [-0.2, -0.15) is 8.42 Å². The van der Waals surface area contributed by atoms with Crippen molar-refractivity contribution in [3.63, 3.8) is 0 Å². The summed E-state index contributed by atoms with van der Waals surface area (Å²) < 4.78 is 26.0. The van der Waals surface area contributed by atoms with Crippen molar-refractivity contribution in [1.82, 2.24) is 0 Å². The number of hydrogen-bond acceptors (Lipinski definition) is 4. The second-order valence-corrected chi connectivity index (χ2v) is 10.8. The monoisotopic (exact) mass is 485 g/mol. The Bertz CT molecular complexity index is 1330. The molecule has 4 rings (SSSR count). The minimum absolute atomic E-state index is 0.0339. The van der Waals surface area contributed by atoms with Crippen LogP contribution in [0.3, 0.4) is 0 Å². The van der Waals surface area contributed by atoms with E-state index in [0.29, 0.717) is 10.6 Å². The summed E-state index contributed by atoms with van der Waals surface area (Å²) in [4.78, 5) is 24.9. The minimum Gasteiger partial charge on any atom is -0.477 e. The number of halogens is 1. The number of likely N-dealkylation sites (N-methyl/N-ethyl adjacent to an activating group) is 1. The van der Waals surface area contributed by atoms with Gasteiger partial charge in [-0.15, -0.1) is 3.89 Å². The van der Waals surface area contributed by atoms with E-state index in [0.717, 1.165) is 18.2 Å². The highest BCUT2D eigenvalue weighted by atomic mass is 35.5. The summed E-state index contributed by atoms with van der Waals surface area (Å²) in [6.45, 7) is 0. The molecule has 3 aromatic rings. The highest BCUT2D eigenvalue weighted by Crippen LogP contribution is 2.60. The molecule has 33 heavy (non-hydrogen) atoms. The first kappa shape index (κ1) is 23.0. The van der Waals surface area contributed by atoms with E-state index in [1.807, 2.05) is 0 Å². The summed E-state index contributed by atoms with van der Waals surface area (Å²) in [5.74, 6) is -2.07. The molecule has 0 aromatic heterocycles. The number of benzene rings is 3. The van der Waals surface area contributed by atoms with E-state index in [9.17, 15) is 23.1 Å². The normalized spacial score (nSPS) is 21.7. The molecule has 2 amide bonds.